The van der Waals surface area contributed by atoms with Gasteiger partial charge in [-0.05, 0) is 57.2 Å². The van der Waals surface area contributed by atoms with Crippen LogP contribution in [0.25, 0.3) is 10.9 Å². The van der Waals surface area contributed by atoms with E-state index in [0.717, 1.165) is 42.0 Å². The molecule has 1 aliphatic rings. The summed E-state index contributed by atoms with van der Waals surface area (Å²) in [5.74, 6) is 1.73. The van der Waals surface area contributed by atoms with Crippen molar-refractivity contribution >= 4 is 10.9 Å². The van der Waals surface area contributed by atoms with Crippen LogP contribution < -0.4 is 10.1 Å². The lowest BCUT2D eigenvalue weighted by atomic mass is 9.92. The molecule has 0 spiro atoms. The van der Waals surface area contributed by atoms with Crippen LogP contribution >= 0.6 is 0 Å². The van der Waals surface area contributed by atoms with E-state index in [1.54, 1.807) is 0 Å². The number of nitrogens with one attached hydrogen (secondary N) is 2. The fraction of sp³-hybridized carbons (Fsp3) is 0.611. The average Bonchev–Trinajstić information content (AvgIpc) is 2.99. The summed E-state index contributed by atoms with van der Waals surface area (Å²) in [6.45, 7) is 7.75. The number of hydrogen-bond donors (Lipinski definition) is 2. The molecule has 0 saturated heterocycles. The maximum atomic E-state index is 6.27. The van der Waals surface area contributed by atoms with Gasteiger partial charge in [0.2, 0.25) is 0 Å². The molecule has 4 heteroatoms. The lowest BCUT2D eigenvalue weighted by Crippen LogP contribution is -2.38. The van der Waals surface area contributed by atoms with E-state index in [1.807, 2.05) is 6.20 Å². The predicted molar refractivity (Wildman–Crippen MR) is 90.3 cm³/mol. The van der Waals surface area contributed by atoms with E-state index in [4.69, 9.17) is 4.74 Å². The summed E-state index contributed by atoms with van der Waals surface area (Å²) >= 11 is 0. The van der Waals surface area contributed by atoms with Gasteiger partial charge in [0.15, 0.2) is 0 Å². The van der Waals surface area contributed by atoms with Crippen LogP contribution in [0.5, 0.6) is 5.75 Å². The summed E-state index contributed by atoms with van der Waals surface area (Å²) in [7, 11) is 0. The van der Waals surface area contributed by atoms with Crippen LogP contribution in [0.15, 0.2) is 18.3 Å². The zero-order valence-electron chi connectivity index (χ0n) is 13.9. The Labute approximate surface area is 132 Å². The number of hydrogen-bond acceptors (Lipinski definition) is 3. The van der Waals surface area contributed by atoms with Crippen molar-refractivity contribution in [1.29, 1.82) is 0 Å². The molecule has 1 saturated carbocycles. The Hall–Kier alpha value is -1.55. The number of benzene rings is 1. The first-order valence-electron chi connectivity index (χ1n) is 8.46. The highest BCUT2D eigenvalue weighted by Crippen LogP contribution is 2.30. The number of rotatable bonds is 5. The van der Waals surface area contributed by atoms with Crippen LogP contribution in [0.3, 0.4) is 0 Å². The summed E-state index contributed by atoms with van der Waals surface area (Å²) in [6.07, 6.45) is 6.93. The zero-order valence-corrected chi connectivity index (χ0v) is 13.9. The van der Waals surface area contributed by atoms with Gasteiger partial charge in [0, 0.05) is 17.0 Å². The number of aryl methyl sites for hydroxylation is 1. The van der Waals surface area contributed by atoms with Gasteiger partial charge in [0.1, 0.15) is 5.75 Å². The molecule has 1 aliphatic carbocycles. The Kier molecular flexibility index (Phi) is 4.67. The Balaban J connectivity index is 1.56. The molecule has 4 nitrogen and oxygen atoms in total. The Morgan fingerprint density at radius 2 is 2.05 bits per heavy atom. The van der Waals surface area contributed by atoms with Gasteiger partial charge >= 0.3 is 0 Å². The van der Waals surface area contributed by atoms with E-state index < -0.39 is 0 Å². The lowest BCUT2D eigenvalue weighted by Gasteiger charge is -2.30. The van der Waals surface area contributed by atoms with E-state index in [0.29, 0.717) is 12.1 Å². The molecule has 1 fully saturated rings. The summed E-state index contributed by atoms with van der Waals surface area (Å²) in [4.78, 5) is 0. The van der Waals surface area contributed by atoms with Gasteiger partial charge in [0.25, 0.3) is 0 Å². The molecule has 1 aromatic carbocycles. The molecule has 3 rings (SSSR count). The van der Waals surface area contributed by atoms with Crippen LogP contribution in [0.1, 0.15) is 45.1 Å². The van der Waals surface area contributed by atoms with Gasteiger partial charge in [-0.15, -0.1) is 0 Å². The molecule has 0 aliphatic heterocycles. The third kappa shape index (κ3) is 3.43. The predicted octanol–water partition coefficient (Wildman–Crippen LogP) is 3.81. The maximum absolute atomic E-state index is 6.27. The largest absolute Gasteiger partial charge is 0.490 e. The minimum Gasteiger partial charge on any atom is -0.490 e. The van der Waals surface area contributed by atoms with Crippen LogP contribution in [-0.2, 0) is 0 Å². The monoisotopic (exact) mass is 301 g/mol. The molecular formula is C18H27N3O. The van der Waals surface area contributed by atoms with Crippen molar-refractivity contribution in [2.45, 2.75) is 58.6 Å². The van der Waals surface area contributed by atoms with Gasteiger partial charge < -0.3 is 10.1 Å². The first kappa shape index (κ1) is 15.3. The van der Waals surface area contributed by atoms with E-state index in [1.165, 1.54) is 18.4 Å². The van der Waals surface area contributed by atoms with Gasteiger partial charge in [0.05, 0.1) is 17.8 Å². The molecule has 0 unspecified atom stereocenters. The highest BCUT2D eigenvalue weighted by atomic mass is 16.5. The number of aromatic amines is 1. The minimum atomic E-state index is 0.347. The summed E-state index contributed by atoms with van der Waals surface area (Å²) in [5, 5.41) is 11.9. The standard InChI is InChI=1S/C18H27N3O/c1-12(2)10-19-14-4-6-15(7-5-14)22-18-9-8-17-16(13(18)3)11-20-21-17/h8-9,11-12,14-15,19H,4-7,10H2,1-3H3,(H,20,21)/t14-,15+. The van der Waals surface area contributed by atoms with Crippen LogP contribution in [0.4, 0.5) is 0 Å². The zero-order chi connectivity index (χ0) is 15.5. The van der Waals surface area contributed by atoms with E-state index in [9.17, 15) is 0 Å². The Morgan fingerprint density at radius 1 is 1.27 bits per heavy atom. The van der Waals surface area contributed by atoms with Crippen molar-refractivity contribution in [3.63, 3.8) is 0 Å². The van der Waals surface area contributed by atoms with Gasteiger partial charge in [-0.2, -0.15) is 5.10 Å². The fourth-order valence-corrected chi connectivity index (χ4v) is 3.23. The second-order valence-corrected chi connectivity index (χ2v) is 6.91. The van der Waals surface area contributed by atoms with E-state index in [-0.39, 0.29) is 0 Å². The Morgan fingerprint density at radius 3 is 2.77 bits per heavy atom. The van der Waals surface area contributed by atoms with Crippen molar-refractivity contribution < 1.29 is 4.74 Å². The average molecular weight is 301 g/mol. The van der Waals surface area contributed by atoms with Crippen molar-refractivity contribution in [3.8, 4) is 5.75 Å². The van der Waals surface area contributed by atoms with Gasteiger partial charge in [-0.3, -0.25) is 5.10 Å². The quantitative estimate of drug-likeness (QED) is 0.883. The maximum Gasteiger partial charge on any atom is 0.123 e. The van der Waals surface area contributed by atoms with Crippen LogP contribution in [0, 0.1) is 12.8 Å². The Bertz CT molecular complexity index is 612. The molecule has 0 bridgehead atoms. The topological polar surface area (TPSA) is 49.9 Å². The van der Waals surface area contributed by atoms with Crippen molar-refractivity contribution in [2.75, 3.05) is 6.54 Å². The summed E-state index contributed by atoms with van der Waals surface area (Å²) in [6, 6.07) is 4.79. The third-order valence-electron chi connectivity index (χ3n) is 4.63. The third-order valence-corrected chi connectivity index (χ3v) is 4.63. The SMILES string of the molecule is Cc1c(O[C@H]2CC[C@@H](NCC(C)C)CC2)ccc2[nH]ncc12. The van der Waals surface area contributed by atoms with Gasteiger partial charge in [-0.1, -0.05) is 13.8 Å². The number of fused-ring (bicyclic) bond motifs is 1. The van der Waals surface area contributed by atoms with Gasteiger partial charge in [-0.25, -0.2) is 0 Å². The molecule has 0 amide bonds. The highest BCUT2D eigenvalue weighted by Gasteiger charge is 2.22. The molecule has 1 aromatic heterocycles. The summed E-state index contributed by atoms with van der Waals surface area (Å²) < 4.78 is 6.27. The first-order chi connectivity index (χ1) is 10.6. The summed E-state index contributed by atoms with van der Waals surface area (Å²) in [5.41, 5.74) is 2.26. The van der Waals surface area contributed by atoms with Crippen molar-refractivity contribution in [2.24, 2.45) is 5.92 Å². The second kappa shape index (κ2) is 6.69. The molecular weight excluding hydrogens is 274 g/mol. The first-order valence-corrected chi connectivity index (χ1v) is 8.46. The molecule has 1 heterocycles. The number of H-pyrrole nitrogens is 1. The molecule has 2 aromatic rings. The highest BCUT2D eigenvalue weighted by molar-refractivity contribution is 5.83. The lowest BCUT2D eigenvalue weighted by molar-refractivity contribution is 0.138. The van der Waals surface area contributed by atoms with Crippen molar-refractivity contribution in [3.05, 3.63) is 23.9 Å². The normalized spacial score (nSPS) is 22.4. The molecule has 2 N–H and O–H groups in total. The number of ether oxygens (including phenoxy) is 1. The molecule has 22 heavy (non-hydrogen) atoms. The fourth-order valence-electron chi connectivity index (χ4n) is 3.23. The van der Waals surface area contributed by atoms with Crippen molar-refractivity contribution in [1.82, 2.24) is 15.5 Å². The second-order valence-electron chi connectivity index (χ2n) is 6.91. The van der Waals surface area contributed by atoms with Crippen LogP contribution in [0.2, 0.25) is 0 Å². The van der Waals surface area contributed by atoms with Crippen LogP contribution in [-0.4, -0.2) is 28.9 Å². The molecule has 0 radical (unpaired) electrons. The number of nitrogens with zero attached hydrogens (tertiary/aromatic N) is 1. The molecule has 0 atom stereocenters. The van der Waals surface area contributed by atoms with E-state index >= 15 is 0 Å². The smallest absolute Gasteiger partial charge is 0.123 e. The minimum absolute atomic E-state index is 0.347. The molecule has 120 valence electrons. The van der Waals surface area contributed by atoms with E-state index in [2.05, 4.69) is 48.4 Å². The number of aromatic nitrogens is 2.